The number of esters is 1. The molecule has 0 bridgehead atoms. The summed E-state index contributed by atoms with van der Waals surface area (Å²) in [5, 5.41) is 6.82. The first-order chi connectivity index (χ1) is 14.9. The van der Waals surface area contributed by atoms with Crippen LogP contribution in [-0.4, -0.2) is 38.4 Å². The van der Waals surface area contributed by atoms with Gasteiger partial charge in [-0.05, 0) is 62.7 Å². The van der Waals surface area contributed by atoms with Gasteiger partial charge in [0.15, 0.2) is 5.11 Å². The van der Waals surface area contributed by atoms with E-state index < -0.39 is 15.4 Å². The maximum atomic E-state index is 12.2. The molecule has 32 heavy (non-hydrogen) atoms. The number of anilines is 1. The van der Waals surface area contributed by atoms with Crippen molar-refractivity contribution in [2.45, 2.75) is 39.8 Å². The maximum Gasteiger partial charge on any atom is 0.311 e. The van der Waals surface area contributed by atoms with Gasteiger partial charge in [-0.25, -0.2) is 8.42 Å². The Morgan fingerprint density at radius 1 is 1.03 bits per heavy atom. The van der Waals surface area contributed by atoms with Crippen molar-refractivity contribution in [3.8, 4) is 0 Å². The molecule has 0 heterocycles. The molecule has 1 atom stereocenters. The van der Waals surface area contributed by atoms with Gasteiger partial charge >= 0.3 is 5.97 Å². The molecule has 0 saturated carbocycles. The number of nitrogens with one attached hydrogen (secondary N) is 3. The molecule has 2 rings (SSSR count). The lowest BCUT2D eigenvalue weighted by molar-refractivity contribution is -0.153. The van der Waals surface area contributed by atoms with Crippen LogP contribution in [0.2, 0.25) is 0 Å². The van der Waals surface area contributed by atoms with Crippen molar-refractivity contribution in [3.05, 3.63) is 65.7 Å². The van der Waals surface area contributed by atoms with Crippen molar-refractivity contribution < 1.29 is 17.9 Å². The molecular weight excluding hydrogens is 446 g/mol. The van der Waals surface area contributed by atoms with Crippen molar-refractivity contribution in [2.24, 2.45) is 5.41 Å². The van der Waals surface area contributed by atoms with E-state index in [1.165, 1.54) is 0 Å². The summed E-state index contributed by atoms with van der Waals surface area (Å²) in [5.74, 6) is -0.265. The third kappa shape index (κ3) is 9.65. The summed E-state index contributed by atoms with van der Waals surface area (Å²) >= 11 is 5.44. The number of thiocarbonyl (C=S) groups is 1. The molecule has 0 aromatic heterocycles. The van der Waals surface area contributed by atoms with Crippen LogP contribution in [0, 0.1) is 5.41 Å². The Hall–Kier alpha value is -2.65. The average molecular weight is 478 g/mol. The van der Waals surface area contributed by atoms with Gasteiger partial charge in [-0.2, -0.15) is 0 Å². The fraction of sp³-hybridized carbons (Fsp3) is 0.391. The highest BCUT2D eigenvalue weighted by molar-refractivity contribution is 7.92. The molecule has 0 aliphatic rings. The first kappa shape index (κ1) is 25.6. The van der Waals surface area contributed by atoms with Crippen molar-refractivity contribution in [1.82, 2.24) is 10.6 Å². The Balaban J connectivity index is 1.94. The Morgan fingerprint density at radius 2 is 1.66 bits per heavy atom. The molecule has 0 saturated heterocycles. The number of ether oxygens (including phenoxy) is 1. The summed E-state index contributed by atoms with van der Waals surface area (Å²) in [6.07, 6.45) is 1.75. The van der Waals surface area contributed by atoms with Gasteiger partial charge in [0.25, 0.3) is 0 Å². The van der Waals surface area contributed by atoms with E-state index in [4.69, 9.17) is 17.0 Å². The van der Waals surface area contributed by atoms with Gasteiger partial charge in [0.1, 0.15) is 6.61 Å². The van der Waals surface area contributed by atoms with Crippen molar-refractivity contribution in [1.29, 1.82) is 0 Å². The highest BCUT2D eigenvalue weighted by Gasteiger charge is 2.24. The first-order valence-corrected chi connectivity index (χ1v) is 12.5. The molecule has 3 N–H and O–H groups in total. The van der Waals surface area contributed by atoms with Gasteiger partial charge in [0.2, 0.25) is 10.0 Å². The number of hydrogen-bond donors (Lipinski definition) is 3. The number of sulfonamides is 1. The van der Waals surface area contributed by atoms with Crippen LogP contribution < -0.4 is 15.4 Å². The van der Waals surface area contributed by atoms with Gasteiger partial charge in [0.05, 0.1) is 17.7 Å². The first-order valence-electron chi connectivity index (χ1n) is 10.2. The number of benzene rings is 2. The van der Waals surface area contributed by atoms with Crippen LogP contribution in [0.1, 0.15) is 31.9 Å². The molecule has 0 aliphatic carbocycles. The summed E-state index contributed by atoms with van der Waals surface area (Å²) in [7, 11) is -3.31. The Morgan fingerprint density at radius 3 is 2.22 bits per heavy atom. The molecule has 174 valence electrons. The molecule has 2 aromatic rings. The Bertz CT molecular complexity index is 1000. The summed E-state index contributed by atoms with van der Waals surface area (Å²) in [4.78, 5) is 12.2. The molecule has 0 fully saturated rings. The number of hydrogen-bond acceptors (Lipinski definition) is 5. The maximum absolute atomic E-state index is 12.2. The van der Waals surface area contributed by atoms with E-state index in [2.05, 4.69) is 15.4 Å². The number of carbonyl (C=O) groups excluding carboxylic acids is 1. The largest absolute Gasteiger partial charge is 0.463 e. The smallest absolute Gasteiger partial charge is 0.311 e. The quantitative estimate of drug-likeness (QED) is 0.377. The zero-order valence-electron chi connectivity index (χ0n) is 18.8. The van der Waals surface area contributed by atoms with Gasteiger partial charge in [-0.3, -0.25) is 9.52 Å². The van der Waals surface area contributed by atoms with Crippen LogP contribution in [0.5, 0.6) is 0 Å². The zero-order valence-corrected chi connectivity index (χ0v) is 20.5. The summed E-state index contributed by atoms with van der Waals surface area (Å²) < 4.78 is 30.5. The number of rotatable bonds is 9. The summed E-state index contributed by atoms with van der Waals surface area (Å²) in [6, 6.07) is 16.7. The highest BCUT2D eigenvalue weighted by atomic mass is 32.2. The average Bonchev–Trinajstić information content (AvgIpc) is 2.70. The third-order valence-corrected chi connectivity index (χ3v) is 5.27. The van der Waals surface area contributed by atoms with Crippen molar-refractivity contribution in [3.63, 3.8) is 0 Å². The minimum absolute atomic E-state index is 0.190. The molecule has 0 amide bonds. The second-order valence-electron chi connectivity index (χ2n) is 8.63. The predicted octanol–water partition coefficient (Wildman–Crippen LogP) is 3.22. The fourth-order valence-electron chi connectivity index (χ4n) is 2.77. The normalized spacial score (nSPS) is 12.5. The second-order valence-corrected chi connectivity index (χ2v) is 10.8. The van der Waals surface area contributed by atoms with Crippen LogP contribution in [0.4, 0.5) is 5.69 Å². The SMILES string of the molecule is CC(C)(C)C(=O)OCC(Cc1ccccc1)NC(=S)NCc1ccc(NS(C)(=O)=O)cc1. The van der Waals surface area contributed by atoms with Crippen LogP contribution >= 0.6 is 12.2 Å². The molecule has 7 nitrogen and oxygen atoms in total. The van der Waals surface area contributed by atoms with Crippen LogP contribution in [0.25, 0.3) is 0 Å². The number of carbonyl (C=O) groups is 1. The highest BCUT2D eigenvalue weighted by Crippen LogP contribution is 2.16. The van der Waals surface area contributed by atoms with Crippen LogP contribution in [0.15, 0.2) is 54.6 Å². The Labute approximate surface area is 196 Å². The lowest BCUT2D eigenvalue weighted by Gasteiger charge is -2.23. The lowest BCUT2D eigenvalue weighted by Crippen LogP contribution is -2.45. The summed E-state index contributed by atoms with van der Waals surface area (Å²) in [6.45, 7) is 6.11. The van der Waals surface area contributed by atoms with Gasteiger partial charge in [-0.15, -0.1) is 0 Å². The minimum Gasteiger partial charge on any atom is -0.463 e. The predicted molar refractivity (Wildman–Crippen MR) is 132 cm³/mol. The molecule has 1 unspecified atom stereocenters. The van der Waals surface area contributed by atoms with Crippen molar-refractivity contribution >= 4 is 39.0 Å². The van der Waals surface area contributed by atoms with Gasteiger partial charge in [-0.1, -0.05) is 42.5 Å². The molecule has 2 aromatic carbocycles. The van der Waals surface area contributed by atoms with Gasteiger partial charge < -0.3 is 15.4 Å². The fourth-order valence-corrected chi connectivity index (χ4v) is 3.57. The molecule has 0 aliphatic heterocycles. The van der Waals surface area contributed by atoms with E-state index in [0.717, 1.165) is 17.4 Å². The van der Waals surface area contributed by atoms with Crippen LogP contribution in [0.3, 0.4) is 0 Å². The van der Waals surface area contributed by atoms with E-state index in [9.17, 15) is 13.2 Å². The van der Waals surface area contributed by atoms with E-state index >= 15 is 0 Å². The molecule has 0 spiro atoms. The summed E-state index contributed by atoms with van der Waals surface area (Å²) in [5.41, 5.74) is 1.97. The Kier molecular flexibility index (Phi) is 9.03. The molecule has 9 heteroatoms. The van der Waals surface area contributed by atoms with Crippen LogP contribution in [-0.2, 0) is 32.5 Å². The van der Waals surface area contributed by atoms with Crippen molar-refractivity contribution in [2.75, 3.05) is 17.6 Å². The lowest BCUT2D eigenvalue weighted by atomic mass is 9.97. The second kappa shape index (κ2) is 11.3. The third-order valence-electron chi connectivity index (χ3n) is 4.40. The molecule has 0 radical (unpaired) electrons. The van der Waals surface area contributed by atoms with Gasteiger partial charge in [0, 0.05) is 12.2 Å². The van der Waals surface area contributed by atoms with E-state index in [0.29, 0.717) is 23.8 Å². The minimum atomic E-state index is -3.31. The zero-order chi connectivity index (χ0) is 23.8. The monoisotopic (exact) mass is 477 g/mol. The van der Waals surface area contributed by atoms with E-state index in [1.807, 2.05) is 63.2 Å². The van der Waals surface area contributed by atoms with E-state index in [-0.39, 0.29) is 18.6 Å². The topological polar surface area (TPSA) is 96.5 Å². The molecular formula is C23H31N3O4S2. The van der Waals surface area contributed by atoms with E-state index in [1.54, 1.807) is 12.1 Å². The standard InChI is InChI=1S/C23H31N3O4S2/c1-23(2,3)21(27)30-16-20(14-17-8-6-5-7-9-17)25-22(31)24-15-18-10-12-19(13-11-18)26-32(4,28)29/h5-13,20,26H,14-16H2,1-4H3,(H2,24,25,31).